The molecule has 3 aliphatic rings. The molecule has 0 aromatic heterocycles. The second-order valence-corrected chi connectivity index (χ2v) is 9.78. The lowest BCUT2D eigenvalue weighted by molar-refractivity contribution is -0.144. The van der Waals surface area contributed by atoms with E-state index >= 15 is 0 Å². The highest BCUT2D eigenvalue weighted by atomic mass is 35.5. The van der Waals surface area contributed by atoms with Gasteiger partial charge in [-0.3, -0.25) is 9.59 Å². The monoisotopic (exact) mass is 516 g/mol. The molecule has 8 nitrogen and oxygen atoms in total. The number of para-hydroxylation sites is 1. The number of rotatable bonds is 6. The van der Waals surface area contributed by atoms with Crippen LogP contribution in [0.15, 0.2) is 24.3 Å². The Kier molecular flexibility index (Phi) is 10.0. The summed E-state index contributed by atoms with van der Waals surface area (Å²) in [6, 6.07) is 7.35. The molecular weight excluding hydrogens is 479 g/mol. The van der Waals surface area contributed by atoms with Crippen LogP contribution in [-0.4, -0.2) is 67.9 Å². The van der Waals surface area contributed by atoms with Crippen molar-refractivity contribution >= 4 is 36.6 Å². The molecule has 1 aromatic rings. The Balaban J connectivity index is 0.00000204. The highest BCUT2D eigenvalue weighted by Gasteiger charge is 2.51. The van der Waals surface area contributed by atoms with Crippen molar-refractivity contribution in [2.45, 2.75) is 70.4 Å². The zero-order valence-corrected chi connectivity index (χ0v) is 22.0. The Bertz CT molecular complexity index is 856. The van der Waals surface area contributed by atoms with Crippen LogP contribution in [0.4, 0.5) is 0 Å². The topological polar surface area (TPSA) is 91.9 Å². The van der Waals surface area contributed by atoms with E-state index in [0.29, 0.717) is 26.2 Å². The van der Waals surface area contributed by atoms with Crippen molar-refractivity contribution in [2.75, 3.05) is 26.8 Å². The SMILES string of the molecule is CN[C@@H](C)C(=O)N[C@H]1CCO[C@H]2CC(C)(C)[C@@H](CN[C@@H]3CCOc4ccccc43)N2C1=O.Cl.Cl. The van der Waals surface area contributed by atoms with Gasteiger partial charge in [-0.05, 0) is 31.9 Å². The molecule has 4 rings (SSSR count). The minimum absolute atomic E-state index is 0. The van der Waals surface area contributed by atoms with Crippen molar-refractivity contribution in [3.63, 3.8) is 0 Å². The average molecular weight is 517 g/mol. The molecule has 3 heterocycles. The number of hydrogen-bond acceptors (Lipinski definition) is 6. The van der Waals surface area contributed by atoms with E-state index in [-0.39, 0.29) is 66.4 Å². The summed E-state index contributed by atoms with van der Waals surface area (Å²) in [6.45, 7) is 7.96. The molecule has 0 saturated carbocycles. The van der Waals surface area contributed by atoms with Crippen molar-refractivity contribution in [3.8, 4) is 5.75 Å². The van der Waals surface area contributed by atoms with Gasteiger partial charge in [0.05, 0.1) is 25.3 Å². The largest absolute Gasteiger partial charge is 0.493 e. The van der Waals surface area contributed by atoms with E-state index in [9.17, 15) is 9.59 Å². The van der Waals surface area contributed by atoms with Crippen molar-refractivity contribution in [1.82, 2.24) is 20.9 Å². The Morgan fingerprint density at radius 3 is 2.62 bits per heavy atom. The fourth-order valence-electron chi connectivity index (χ4n) is 5.07. The van der Waals surface area contributed by atoms with Crippen LogP contribution in [0, 0.1) is 5.41 Å². The Morgan fingerprint density at radius 1 is 1.18 bits per heavy atom. The molecule has 10 heteroatoms. The van der Waals surface area contributed by atoms with E-state index in [0.717, 1.165) is 24.2 Å². The number of halogens is 2. The van der Waals surface area contributed by atoms with Gasteiger partial charge in [0.25, 0.3) is 0 Å². The van der Waals surface area contributed by atoms with E-state index in [1.807, 2.05) is 23.1 Å². The van der Waals surface area contributed by atoms with Gasteiger partial charge in [0, 0.05) is 31.0 Å². The predicted molar refractivity (Wildman–Crippen MR) is 136 cm³/mol. The van der Waals surface area contributed by atoms with Gasteiger partial charge in [-0.2, -0.15) is 0 Å². The van der Waals surface area contributed by atoms with Crippen LogP contribution in [0.25, 0.3) is 0 Å². The first-order valence-corrected chi connectivity index (χ1v) is 11.7. The molecule has 0 aliphatic carbocycles. The molecule has 0 spiro atoms. The normalized spacial score (nSPS) is 28.2. The number of likely N-dealkylation sites (N-methyl/N-ethyl adjacent to an activating group) is 1. The molecule has 3 aliphatic heterocycles. The molecule has 34 heavy (non-hydrogen) atoms. The fourth-order valence-corrected chi connectivity index (χ4v) is 5.07. The molecule has 5 atom stereocenters. The summed E-state index contributed by atoms with van der Waals surface area (Å²) >= 11 is 0. The minimum atomic E-state index is -0.566. The van der Waals surface area contributed by atoms with Crippen LogP contribution in [0.3, 0.4) is 0 Å². The van der Waals surface area contributed by atoms with Crippen LogP contribution in [0.2, 0.25) is 0 Å². The molecule has 192 valence electrons. The first kappa shape index (κ1) is 28.7. The lowest BCUT2D eigenvalue weighted by Crippen LogP contribution is -2.56. The third-order valence-electron chi connectivity index (χ3n) is 7.18. The van der Waals surface area contributed by atoms with Gasteiger partial charge in [-0.15, -0.1) is 24.8 Å². The summed E-state index contributed by atoms with van der Waals surface area (Å²) in [7, 11) is 1.73. The average Bonchev–Trinajstić information content (AvgIpc) is 2.95. The third-order valence-corrected chi connectivity index (χ3v) is 7.18. The second kappa shape index (κ2) is 11.9. The van der Waals surface area contributed by atoms with Crippen LogP contribution in [0.1, 0.15) is 51.6 Å². The first-order valence-electron chi connectivity index (χ1n) is 11.7. The van der Waals surface area contributed by atoms with E-state index in [1.54, 1.807) is 14.0 Å². The number of amides is 2. The maximum absolute atomic E-state index is 13.6. The third kappa shape index (κ3) is 5.79. The number of nitrogens with zero attached hydrogens (tertiary/aromatic N) is 1. The number of fused-ring (bicyclic) bond motifs is 2. The van der Waals surface area contributed by atoms with E-state index in [4.69, 9.17) is 9.47 Å². The van der Waals surface area contributed by atoms with Gasteiger partial charge in [0.15, 0.2) is 0 Å². The molecule has 0 radical (unpaired) electrons. The Labute approximate surface area is 214 Å². The molecule has 2 amide bonds. The van der Waals surface area contributed by atoms with Gasteiger partial charge in [0.1, 0.15) is 18.0 Å². The van der Waals surface area contributed by atoms with Gasteiger partial charge in [0.2, 0.25) is 11.8 Å². The summed E-state index contributed by atoms with van der Waals surface area (Å²) < 4.78 is 11.9. The fraction of sp³-hybridized carbons (Fsp3) is 0.667. The van der Waals surface area contributed by atoms with Gasteiger partial charge in [-0.1, -0.05) is 32.0 Å². The van der Waals surface area contributed by atoms with E-state index in [1.165, 1.54) is 0 Å². The molecule has 0 unspecified atom stereocenters. The maximum Gasteiger partial charge on any atom is 0.247 e. The summed E-state index contributed by atoms with van der Waals surface area (Å²) in [5.41, 5.74) is 1.05. The molecular formula is C24H38Cl2N4O4. The second-order valence-electron chi connectivity index (χ2n) is 9.78. The number of carbonyl (C=O) groups excluding carboxylic acids is 2. The van der Waals surface area contributed by atoms with Crippen LogP contribution < -0.4 is 20.7 Å². The molecule has 3 N–H and O–H groups in total. The van der Waals surface area contributed by atoms with Crippen LogP contribution >= 0.6 is 24.8 Å². The van der Waals surface area contributed by atoms with Crippen molar-refractivity contribution in [3.05, 3.63) is 29.8 Å². The number of ether oxygens (including phenoxy) is 2. The minimum Gasteiger partial charge on any atom is -0.493 e. The van der Waals surface area contributed by atoms with Crippen LogP contribution in [0.5, 0.6) is 5.75 Å². The number of benzene rings is 1. The highest BCUT2D eigenvalue weighted by molar-refractivity contribution is 5.90. The summed E-state index contributed by atoms with van der Waals surface area (Å²) in [6.07, 6.45) is 1.90. The van der Waals surface area contributed by atoms with Crippen LogP contribution in [-0.2, 0) is 14.3 Å². The zero-order valence-electron chi connectivity index (χ0n) is 20.3. The quantitative estimate of drug-likeness (QED) is 0.537. The van der Waals surface area contributed by atoms with E-state index in [2.05, 4.69) is 35.9 Å². The summed E-state index contributed by atoms with van der Waals surface area (Å²) in [5, 5.41) is 9.56. The Morgan fingerprint density at radius 2 is 1.88 bits per heavy atom. The van der Waals surface area contributed by atoms with Crippen molar-refractivity contribution in [2.24, 2.45) is 5.41 Å². The molecule has 2 fully saturated rings. The Hall–Kier alpha value is -1.58. The van der Waals surface area contributed by atoms with E-state index < -0.39 is 6.04 Å². The van der Waals surface area contributed by atoms with Gasteiger partial charge in [-0.25, -0.2) is 0 Å². The molecule has 2 saturated heterocycles. The number of carbonyl (C=O) groups is 2. The van der Waals surface area contributed by atoms with Crippen molar-refractivity contribution in [1.29, 1.82) is 0 Å². The standard InChI is InChI=1S/C24H36N4O4.2ClH/c1-15(25-4)22(29)27-18-10-12-32-21-13-24(2,3)20(28(21)23(18)30)14-26-17-9-11-31-19-8-6-5-7-16(17)19;;/h5-8,15,17-18,20-21,25-26H,9-14H2,1-4H3,(H,27,29);2*1H/t15-,17+,18-,20+,21-;;/m0../s1. The number of nitrogens with one attached hydrogen (secondary N) is 3. The summed E-state index contributed by atoms with van der Waals surface area (Å²) in [5.74, 6) is 0.709. The van der Waals surface area contributed by atoms with Crippen molar-refractivity contribution < 1.29 is 19.1 Å². The predicted octanol–water partition coefficient (Wildman–Crippen LogP) is 2.41. The number of hydrogen-bond donors (Lipinski definition) is 3. The highest BCUT2D eigenvalue weighted by Crippen LogP contribution is 2.42. The maximum atomic E-state index is 13.6. The first-order chi connectivity index (χ1) is 15.3. The lowest BCUT2D eigenvalue weighted by Gasteiger charge is -2.36. The van der Waals surface area contributed by atoms with Gasteiger partial charge >= 0.3 is 0 Å². The smallest absolute Gasteiger partial charge is 0.247 e. The lowest BCUT2D eigenvalue weighted by atomic mass is 9.84. The van der Waals surface area contributed by atoms with Gasteiger partial charge < -0.3 is 30.3 Å². The summed E-state index contributed by atoms with van der Waals surface area (Å²) in [4.78, 5) is 27.9. The zero-order chi connectivity index (χ0) is 22.9. The molecule has 1 aromatic carbocycles. The molecule has 0 bridgehead atoms.